The zero-order valence-corrected chi connectivity index (χ0v) is 12.8. The van der Waals surface area contributed by atoms with E-state index in [-0.39, 0.29) is 0 Å². The second kappa shape index (κ2) is 6.51. The minimum atomic E-state index is 0.847. The van der Waals surface area contributed by atoms with Crippen LogP contribution in [0.2, 0.25) is 0 Å². The number of benzene rings is 1. The molecule has 0 fully saturated rings. The summed E-state index contributed by atoms with van der Waals surface area (Å²) in [5.74, 6) is 1.81. The van der Waals surface area contributed by atoms with Crippen LogP contribution in [0.25, 0.3) is 11.3 Å². The maximum atomic E-state index is 4.67. The molecule has 0 radical (unpaired) electrons. The third-order valence-electron chi connectivity index (χ3n) is 3.30. The molecule has 0 bridgehead atoms. The van der Waals surface area contributed by atoms with Gasteiger partial charge in [0.15, 0.2) is 0 Å². The molecule has 0 aliphatic rings. The quantitative estimate of drug-likeness (QED) is 0.886. The fourth-order valence-corrected chi connectivity index (χ4v) is 2.24. The van der Waals surface area contributed by atoms with E-state index in [0.29, 0.717) is 0 Å². The first-order valence-electron chi connectivity index (χ1n) is 7.33. The lowest BCUT2D eigenvalue weighted by Crippen LogP contribution is -2.06. The van der Waals surface area contributed by atoms with E-state index < -0.39 is 0 Å². The maximum Gasteiger partial charge on any atom is 0.131 e. The molecule has 1 N–H and O–H groups in total. The first kappa shape index (κ1) is 14.5. The van der Waals surface area contributed by atoms with Gasteiger partial charge in [-0.1, -0.05) is 37.6 Å². The summed E-state index contributed by atoms with van der Waals surface area (Å²) >= 11 is 0. The molecule has 1 aromatic heterocycles. The van der Waals surface area contributed by atoms with Crippen LogP contribution in [0.3, 0.4) is 0 Å². The molecule has 0 amide bonds. The number of nitrogens with one attached hydrogen (secondary N) is 1. The fourth-order valence-electron chi connectivity index (χ4n) is 2.24. The number of nitrogens with zero attached hydrogens (tertiary/aromatic N) is 2. The highest BCUT2D eigenvalue weighted by Gasteiger charge is 2.08. The fraction of sp³-hybridized carbons (Fsp3) is 0.412. The minimum absolute atomic E-state index is 0.847. The molecule has 20 heavy (non-hydrogen) atoms. The van der Waals surface area contributed by atoms with Crippen LogP contribution in [0.15, 0.2) is 24.3 Å². The highest BCUT2D eigenvalue weighted by molar-refractivity contribution is 5.66. The number of aryl methyl sites for hydroxylation is 3. The Morgan fingerprint density at radius 3 is 2.50 bits per heavy atom. The van der Waals surface area contributed by atoms with Gasteiger partial charge in [0.1, 0.15) is 11.6 Å². The molecule has 0 aliphatic carbocycles. The Morgan fingerprint density at radius 1 is 1.05 bits per heavy atom. The van der Waals surface area contributed by atoms with Crippen molar-refractivity contribution in [2.75, 3.05) is 11.9 Å². The molecule has 3 heteroatoms. The van der Waals surface area contributed by atoms with Gasteiger partial charge in [0.2, 0.25) is 0 Å². The van der Waals surface area contributed by atoms with Gasteiger partial charge in [-0.05, 0) is 25.8 Å². The monoisotopic (exact) mass is 269 g/mol. The molecule has 3 nitrogen and oxygen atoms in total. The molecule has 0 atom stereocenters. The van der Waals surface area contributed by atoms with E-state index in [4.69, 9.17) is 0 Å². The lowest BCUT2D eigenvalue weighted by molar-refractivity contribution is 0.919. The van der Waals surface area contributed by atoms with E-state index in [0.717, 1.165) is 36.7 Å². The number of anilines is 1. The van der Waals surface area contributed by atoms with Crippen molar-refractivity contribution < 1.29 is 0 Å². The van der Waals surface area contributed by atoms with Crippen LogP contribution in [0, 0.1) is 13.8 Å². The Bertz CT molecular complexity index is 591. The van der Waals surface area contributed by atoms with Crippen LogP contribution < -0.4 is 5.32 Å². The van der Waals surface area contributed by atoms with Gasteiger partial charge in [0, 0.05) is 24.6 Å². The molecule has 2 rings (SSSR count). The lowest BCUT2D eigenvalue weighted by atomic mass is 10.0. The molecule has 0 spiro atoms. The van der Waals surface area contributed by atoms with E-state index in [1.165, 1.54) is 16.7 Å². The first-order chi connectivity index (χ1) is 9.63. The van der Waals surface area contributed by atoms with Crippen molar-refractivity contribution in [1.29, 1.82) is 0 Å². The average molecular weight is 269 g/mol. The van der Waals surface area contributed by atoms with Gasteiger partial charge in [0.05, 0.1) is 5.69 Å². The number of hydrogen-bond acceptors (Lipinski definition) is 3. The predicted molar refractivity (Wildman–Crippen MR) is 85.1 cm³/mol. The summed E-state index contributed by atoms with van der Waals surface area (Å²) in [5.41, 5.74) is 4.73. The lowest BCUT2D eigenvalue weighted by Gasteiger charge is -2.11. The first-order valence-corrected chi connectivity index (χ1v) is 7.33. The number of rotatable bonds is 5. The molecular weight excluding hydrogens is 246 g/mol. The predicted octanol–water partition coefficient (Wildman–Crippen LogP) is 4.14. The largest absolute Gasteiger partial charge is 0.370 e. The summed E-state index contributed by atoms with van der Waals surface area (Å²) in [6.07, 6.45) is 1.93. The molecule has 0 saturated heterocycles. The molecule has 106 valence electrons. The Balaban J connectivity index is 2.44. The maximum absolute atomic E-state index is 4.67. The van der Waals surface area contributed by atoms with Gasteiger partial charge in [0.25, 0.3) is 0 Å². The summed E-state index contributed by atoms with van der Waals surface area (Å²) in [6, 6.07) is 8.53. The molecule has 0 saturated carbocycles. The highest BCUT2D eigenvalue weighted by atomic mass is 15.0. The van der Waals surface area contributed by atoms with Crippen molar-refractivity contribution in [3.05, 3.63) is 41.2 Å². The molecule has 1 heterocycles. The van der Waals surface area contributed by atoms with Crippen LogP contribution in [-0.4, -0.2) is 16.5 Å². The normalized spacial score (nSPS) is 10.6. The third-order valence-corrected chi connectivity index (χ3v) is 3.30. The van der Waals surface area contributed by atoms with Crippen LogP contribution in [0.4, 0.5) is 5.82 Å². The zero-order valence-electron chi connectivity index (χ0n) is 12.8. The Morgan fingerprint density at radius 2 is 1.85 bits per heavy atom. The van der Waals surface area contributed by atoms with Gasteiger partial charge in [-0.2, -0.15) is 0 Å². The molecule has 0 aliphatic heterocycles. The second-order valence-electron chi connectivity index (χ2n) is 5.15. The summed E-state index contributed by atoms with van der Waals surface area (Å²) in [7, 11) is 0. The topological polar surface area (TPSA) is 37.8 Å². The van der Waals surface area contributed by atoms with E-state index in [1.807, 2.05) is 6.07 Å². The standard InChI is InChI=1S/C17H23N3/c1-5-9-18-17-11-15(19-16(6-2)20-17)14-8-7-12(3)10-13(14)4/h7-8,10-11H,5-6,9H2,1-4H3,(H,18,19,20). The van der Waals surface area contributed by atoms with Crippen molar-refractivity contribution in [3.63, 3.8) is 0 Å². The van der Waals surface area contributed by atoms with Gasteiger partial charge in [-0.25, -0.2) is 9.97 Å². The van der Waals surface area contributed by atoms with E-state index in [1.54, 1.807) is 0 Å². The average Bonchev–Trinajstić information content (AvgIpc) is 2.44. The molecular formula is C17H23N3. The zero-order chi connectivity index (χ0) is 14.5. The highest BCUT2D eigenvalue weighted by Crippen LogP contribution is 2.24. The van der Waals surface area contributed by atoms with Crippen LogP contribution in [0.5, 0.6) is 0 Å². The second-order valence-corrected chi connectivity index (χ2v) is 5.15. The van der Waals surface area contributed by atoms with E-state index in [2.05, 4.69) is 61.2 Å². The summed E-state index contributed by atoms with van der Waals surface area (Å²) in [6.45, 7) is 9.43. The van der Waals surface area contributed by atoms with Gasteiger partial charge < -0.3 is 5.32 Å². The molecule has 0 unspecified atom stereocenters. The van der Waals surface area contributed by atoms with Crippen molar-refractivity contribution in [3.8, 4) is 11.3 Å². The van der Waals surface area contributed by atoms with Crippen molar-refractivity contribution in [2.45, 2.75) is 40.5 Å². The molecule has 1 aromatic carbocycles. The Labute approximate surface area is 121 Å². The van der Waals surface area contributed by atoms with Crippen LogP contribution in [-0.2, 0) is 6.42 Å². The van der Waals surface area contributed by atoms with Crippen molar-refractivity contribution in [1.82, 2.24) is 9.97 Å². The van der Waals surface area contributed by atoms with Crippen LogP contribution in [0.1, 0.15) is 37.2 Å². The smallest absolute Gasteiger partial charge is 0.131 e. The number of hydrogen-bond donors (Lipinski definition) is 1. The number of aromatic nitrogens is 2. The van der Waals surface area contributed by atoms with E-state index in [9.17, 15) is 0 Å². The third kappa shape index (κ3) is 3.35. The minimum Gasteiger partial charge on any atom is -0.370 e. The Kier molecular flexibility index (Phi) is 4.72. The van der Waals surface area contributed by atoms with Gasteiger partial charge >= 0.3 is 0 Å². The van der Waals surface area contributed by atoms with Gasteiger partial charge in [-0.15, -0.1) is 0 Å². The van der Waals surface area contributed by atoms with E-state index >= 15 is 0 Å². The van der Waals surface area contributed by atoms with Crippen molar-refractivity contribution >= 4 is 5.82 Å². The van der Waals surface area contributed by atoms with Crippen LogP contribution >= 0.6 is 0 Å². The van der Waals surface area contributed by atoms with Crippen molar-refractivity contribution in [2.24, 2.45) is 0 Å². The summed E-state index contributed by atoms with van der Waals surface area (Å²) in [5, 5.41) is 3.36. The summed E-state index contributed by atoms with van der Waals surface area (Å²) in [4.78, 5) is 9.21. The summed E-state index contributed by atoms with van der Waals surface area (Å²) < 4.78 is 0. The van der Waals surface area contributed by atoms with Gasteiger partial charge in [-0.3, -0.25) is 0 Å². The SMILES string of the molecule is CCCNc1cc(-c2ccc(C)cc2C)nc(CC)n1. The molecule has 2 aromatic rings. The Hall–Kier alpha value is -1.90.